The molecule has 0 atom stereocenters. The summed E-state index contributed by atoms with van der Waals surface area (Å²) < 4.78 is 5.70. The number of rotatable bonds is 7. The number of likely N-dealkylation sites (tertiary alicyclic amines) is 1. The maximum Gasteiger partial charge on any atom is 0.317 e. The predicted octanol–water partition coefficient (Wildman–Crippen LogP) is 2.23. The van der Waals surface area contributed by atoms with Crippen molar-refractivity contribution < 1.29 is 19.4 Å². The van der Waals surface area contributed by atoms with Gasteiger partial charge in [-0.15, -0.1) is 0 Å². The number of hydrogen-bond acceptors (Lipinski definition) is 3. The number of hydrogen-bond donors (Lipinski definition) is 2. The number of carboxylic acids is 1. The summed E-state index contributed by atoms with van der Waals surface area (Å²) in [5, 5.41) is 12.0. The smallest absolute Gasteiger partial charge is 0.317 e. The highest BCUT2D eigenvalue weighted by molar-refractivity contribution is 5.75. The number of nitrogens with one attached hydrogen (secondary N) is 1. The Bertz CT molecular complexity index is 374. The second-order valence-electron chi connectivity index (χ2n) is 6.44. The third-order valence-electron chi connectivity index (χ3n) is 4.64. The molecule has 1 heterocycles. The van der Waals surface area contributed by atoms with E-state index in [-0.39, 0.29) is 24.1 Å². The van der Waals surface area contributed by atoms with E-state index >= 15 is 0 Å². The molecule has 1 aliphatic heterocycles. The third-order valence-corrected chi connectivity index (χ3v) is 4.64. The zero-order valence-electron chi connectivity index (χ0n) is 13.4. The Morgan fingerprint density at radius 2 is 1.86 bits per heavy atom. The molecule has 2 rings (SSSR count). The Morgan fingerprint density at radius 1 is 1.18 bits per heavy atom. The molecular formula is C16H28N2O4. The van der Waals surface area contributed by atoms with E-state index in [1.54, 1.807) is 4.90 Å². The van der Waals surface area contributed by atoms with Gasteiger partial charge in [-0.3, -0.25) is 4.79 Å². The summed E-state index contributed by atoms with van der Waals surface area (Å²) in [7, 11) is 0. The SMILES string of the molecule is CCCCCOC1CN(C(=O)NC2CCC(C(=O)O)CC2)C1. The van der Waals surface area contributed by atoms with E-state index in [2.05, 4.69) is 12.2 Å². The van der Waals surface area contributed by atoms with Crippen LogP contribution in [0.2, 0.25) is 0 Å². The van der Waals surface area contributed by atoms with Gasteiger partial charge in [0.15, 0.2) is 0 Å². The van der Waals surface area contributed by atoms with Gasteiger partial charge in [-0.2, -0.15) is 0 Å². The molecule has 6 heteroatoms. The van der Waals surface area contributed by atoms with Crippen molar-refractivity contribution in [2.24, 2.45) is 5.92 Å². The maximum atomic E-state index is 12.1. The third kappa shape index (κ3) is 4.87. The van der Waals surface area contributed by atoms with Gasteiger partial charge in [0.1, 0.15) is 0 Å². The van der Waals surface area contributed by atoms with Gasteiger partial charge in [0.25, 0.3) is 0 Å². The highest BCUT2D eigenvalue weighted by Gasteiger charge is 2.33. The van der Waals surface area contributed by atoms with Crippen LogP contribution in [0.1, 0.15) is 51.9 Å². The molecule has 126 valence electrons. The lowest BCUT2D eigenvalue weighted by atomic mass is 9.86. The molecule has 0 aromatic rings. The van der Waals surface area contributed by atoms with E-state index < -0.39 is 5.97 Å². The molecule has 1 aliphatic carbocycles. The lowest BCUT2D eigenvalue weighted by Gasteiger charge is -2.40. The molecule has 0 bridgehead atoms. The molecular weight excluding hydrogens is 284 g/mol. The van der Waals surface area contributed by atoms with Gasteiger partial charge in [0.2, 0.25) is 0 Å². The first kappa shape index (κ1) is 17.1. The van der Waals surface area contributed by atoms with Crippen molar-refractivity contribution in [2.45, 2.75) is 64.0 Å². The van der Waals surface area contributed by atoms with E-state index in [4.69, 9.17) is 9.84 Å². The number of unbranched alkanes of at least 4 members (excludes halogenated alkanes) is 2. The van der Waals surface area contributed by atoms with Crippen LogP contribution in [0.4, 0.5) is 4.79 Å². The van der Waals surface area contributed by atoms with Crippen LogP contribution in [0, 0.1) is 5.92 Å². The Balaban J connectivity index is 1.57. The fourth-order valence-electron chi connectivity index (χ4n) is 3.06. The van der Waals surface area contributed by atoms with Crippen LogP contribution in [0.3, 0.4) is 0 Å². The number of carbonyl (C=O) groups is 2. The largest absolute Gasteiger partial charge is 0.481 e. The average Bonchev–Trinajstić information content (AvgIpc) is 2.45. The minimum atomic E-state index is -0.712. The lowest BCUT2D eigenvalue weighted by molar-refractivity contribution is -0.142. The summed E-state index contributed by atoms with van der Waals surface area (Å²) >= 11 is 0. The number of nitrogens with zero attached hydrogens (tertiary/aromatic N) is 1. The fourth-order valence-corrected chi connectivity index (χ4v) is 3.06. The van der Waals surface area contributed by atoms with Gasteiger partial charge in [0.05, 0.1) is 25.1 Å². The zero-order chi connectivity index (χ0) is 15.9. The second kappa shape index (κ2) is 8.36. The predicted molar refractivity (Wildman–Crippen MR) is 82.8 cm³/mol. The van der Waals surface area contributed by atoms with E-state index in [1.165, 1.54) is 12.8 Å². The van der Waals surface area contributed by atoms with Crippen molar-refractivity contribution in [3.8, 4) is 0 Å². The topological polar surface area (TPSA) is 78.9 Å². The van der Waals surface area contributed by atoms with Crippen molar-refractivity contribution >= 4 is 12.0 Å². The standard InChI is InChI=1S/C16H28N2O4/c1-2-3-4-9-22-14-10-18(11-14)16(21)17-13-7-5-12(6-8-13)15(19)20/h12-14H,2-11H2,1H3,(H,17,21)(H,19,20). The van der Waals surface area contributed by atoms with Crippen molar-refractivity contribution in [2.75, 3.05) is 19.7 Å². The molecule has 1 saturated heterocycles. The number of amides is 2. The molecule has 0 unspecified atom stereocenters. The Labute approximate surface area is 132 Å². The second-order valence-corrected chi connectivity index (χ2v) is 6.44. The Kier molecular flexibility index (Phi) is 6.49. The molecule has 1 saturated carbocycles. The maximum absolute atomic E-state index is 12.1. The molecule has 22 heavy (non-hydrogen) atoms. The van der Waals surface area contributed by atoms with Gasteiger partial charge in [-0.05, 0) is 32.1 Å². The summed E-state index contributed by atoms with van der Waals surface area (Å²) in [6.45, 7) is 4.29. The van der Waals surface area contributed by atoms with Gasteiger partial charge in [-0.25, -0.2) is 4.79 Å². The van der Waals surface area contributed by atoms with Crippen LogP contribution in [0.5, 0.6) is 0 Å². The number of aliphatic carboxylic acids is 1. The molecule has 0 radical (unpaired) electrons. The molecule has 0 aromatic carbocycles. The first-order valence-corrected chi connectivity index (χ1v) is 8.50. The summed E-state index contributed by atoms with van der Waals surface area (Å²) in [5.41, 5.74) is 0. The van der Waals surface area contributed by atoms with Crippen LogP contribution in [-0.4, -0.2) is 53.8 Å². The summed E-state index contributed by atoms with van der Waals surface area (Å²) in [5.74, 6) is -0.950. The molecule has 0 spiro atoms. The lowest BCUT2D eigenvalue weighted by Crippen LogP contribution is -2.59. The number of ether oxygens (including phenoxy) is 1. The van der Waals surface area contributed by atoms with E-state index in [9.17, 15) is 9.59 Å². The number of urea groups is 1. The van der Waals surface area contributed by atoms with Crippen molar-refractivity contribution in [3.63, 3.8) is 0 Å². The van der Waals surface area contributed by atoms with Crippen molar-refractivity contribution in [1.29, 1.82) is 0 Å². The molecule has 2 N–H and O–H groups in total. The number of carboxylic acid groups (broad SMARTS) is 1. The molecule has 2 amide bonds. The Hall–Kier alpha value is -1.30. The normalized spacial score (nSPS) is 25.6. The summed E-state index contributed by atoms with van der Waals surface area (Å²) in [6.07, 6.45) is 6.48. The summed E-state index contributed by atoms with van der Waals surface area (Å²) in [6, 6.07) is 0.0832. The van der Waals surface area contributed by atoms with Gasteiger partial charge in [-0.1, -0.05) is 19.8 Å². The average molecular weight is 312 g/mol. The van der Waals surface area contributed by atoms with Crippen LogP contribution < -0.4 is 5.32 Å². The first-order valence-electron chi connectivity index (χ1n) is 8.50. The van der Waals surface area contributed by atoms with Crippen LogP contribution in [-0.2, 0) is 9.53 Å². The highest BCUT2D eigenvalue weighted by Crippen LogP contribution is 2.25. The van der Waals surface area contributed by atoms with Gasteiger partial charge >= 0.3 is 12.0 Å². The molecule has 6 nitrogen and oxygen atoms in total. The van der Waals surface area contributed by atoms with Crippen LogP contribution in [0.15, 0.2) is 0 Å². The van der Waals surface area contributed by atoms with Crippen molar-refractivity contribution in [3.05, 3.63) is 0 Å². The first-order chi connectivity index (χ1) is 10.6. The highest BCUT2D eigenvalue weighted by atomic mass is 16.5. The quantitative estimate of drug-likeness (QED) is 0.707. The number of carbonyl (C=O) groups excluding carboxylic acids is 1. The molecule has 2 fully saturated rings. The molecule has 0 aromatic heterocycles. The van der Waals surface area contributed by atoms with Crippen LogP contribution >= 0.6 is 0 Å². The zero-order valence-corrected chi connectivity index (χ0v) is 13.4. The van der Waals surface area contributed by atoms with E-state index in [1.807, 2.05) is 0 Å². The Morgan fingerprint density at radius 3 is 2.45 bits per heavy atom. The van der Waals surface area contributed by atoms with Crippen molar-refractivity contribution in [1.82, 2.24) is 10.2 Å². The summed E-state index contributed by atoms with van der Waals surface area (Å²) in [4.78, 5) is 24.7. The minimum absolute atomic E-state index is 0.0350. The fraction of sp³-hybridized carbons (Fsp3) is 0.875. The van der Waals surface area contributed by atoms with E-state index in [0.717, 1.165) is 25.9 Å². The minimum Gasteiger partial charge on any atom is -0.481 e. The monoisotopic (exact) mass is 312 g/mol. The van der Waals surface area contributed by atoms with Gasteiger partial charge < -0.3 is 20.1 Å². The molecule has 2 aliphatic rings. The van der Waals surface area contributed by atoms with Gasteiger partial charge in [0, 0.05) is 12.6 Å². The van der Waals surface area contributed by atoms with Crippen LogP contribution in [0.25, 0.3) is 0 Å². The van der Waals surface area contributed by atoms with E-state index in [0.29, 0.717) is 25.9 Å².